The van der Waals surface area contributed by atoms with Crippen LogP contribution in [-0.2, 0) is 16.1 Å². The molecule has 3 amide bonds. The first-order valence-electron chi connectivity index (χ1n) is 11.8. The molecule has 5 rings (SSSR count). The number of nitrogens with one attached hydrogen (secondary N) is 1. The summed E-state index contributed by atoms with van der Waals surface area (Å²) in [6.07, 6.45) is -0.367. The summed E-state index contributed by atoms with van der Waals surface area (Å²) in [6.45, 7) is 1.49. The number of benzene rings is 2. The van der Waals surface area contributed by atoms with Gasteiger partial charge in [-0.3, -0.25) is 24.6 Å². The van der Waals surface area contributed by atoms with Gasteiger partial charge in [0.1, 0.15) is 6.04 Å². The minimum atomic E-state index is -2.46. The number of likely N-dealkylation sites (tertiary alicyclic amines) is 1. The van der Waals surface area contributed by atoms with Crippen LogP contribution in [0.4, 0.5) is 8.78 Å². The summed E-state index contributed by atoms with van der Waals surface area (Å²) < 4.78 is 27.8. The van der Waals surface area contributed by atoms with Gasteiger partial charge in [0.15, 0.2) is 0 Å². The molecule has 2 saturated heterocycles. The third-order valence-electron chi connectivity index (χ3n) is 7.32. The molecule has 3 aliphatic rings. The van der Waals surface area contributed by atoms with Crippen molar-refractivity contribution < 1.29 is 23.2 Å². The van der Waals surface area contributed by atoms with Gasteiger partial charge in [-0.25, -0.2) is 8.78 Å². The fourth-order valence-electron chi connectivity index (χ4n) is 5.53. The van der Waals surface area contributed by atoms with Crippen LogP contribution in [0, 0.1) is 0 Å². The maximum Gasteiger partial charge on any atom is 0.258 e. The Labute approximate surface area is 196 Å². The fraction of sp³-hybridized carbons (Fsp3) is 0.423. The Bertz CT molecular complexity index is 1100. The van der Waals surface area contributed by atoms with E-state index in [9.17, 15) is 23.2 Å². The van der Waals surface area contributed by atoms with Gasteiger partial charge in [-0.15, -0.1) is 0 Å². The lowest BCUT2D eigenvalue weighted by atomic mass is 9.87. The molecule has 8 heteroatoms. The van der Waals surface area contributed by atoms with E-state index >= 15 is 0 Å². The molecule has 0 radical (unpaired) electrons. The number of imide groups is 1. The highest BCUT2D eigenvalue weighted by atomic mass is 19.3. The van der Waals surface area contributed by atoms with E-state index in [0.29, 0.717) is 37.2 Å². The third kappa shape index (κ3) is 4.22. The van der Waals surface area contributed by atoms with Gasteiger partial charge in [-0.05, 0) is 61.0 Å². The van der Waals surface area contributed by atoms with Crippen LogP contribution >= 0.6 is 0 Å². The van der Waals surface area contributed by atoms with Crippen LogP contribution in [0.15, 0.2) is 48.5 Å². The summed E-state index contributed by atoms with van der Waals surface area (Å²) in [5.74, 6) is -0.679. The molecular weight excluding hydrogens is 440 g/mol. The lowest BCUT2D eigenvalue weighted by Gasteiger charge is -2.37. The van der Waals surface area contributed by atoms with Crippen molar-refractivity contribution >= 4 is 17.7 Å². The highest BCUT2D eigenvalue weighted by Crippen LogP contribution is 2.37. The van der Waals surface area contributed by atoms with Crippen LogP contribution in [0.25, 0.3) is 0 Å². The lowest BCUT2D eigenvalue weighted by Crippen LogP contribution is -2.52. The standard InChI is InChI=1S/C26H27F2N3O3/c27-24(28)23(17-4-2-1-3-5-17)30-12-10-16(11-13-30)18-6-7-20-19(14-18)15-31(26(20)34)21-8-9-22(32)29-25(21)33/h1-7,14,16,21,23-24H,8-13,15H2,(H,29,32,33). The maximum absolute atomic E-state index is 13.9. The highest BCUT2D eigenvalue weighted by molar-refractivity contribution is 6.05. The van der Waals surface area contributed by atoms with E-state index in [2.05, 4.69) is 5.32 Å². The topological polar surface area (TPSA) is 69.7 Å². The van der Waals surface area contributed by atoms with Crippen LogP contribution in [0.5, 0.6) is 0 Å². The van der Waals surface area contributed by atoms with Gasteiger partial charge in [-0.1, -0.05) is 42.5 Å². The Kier molecular flexibility index (Phi) is 6.16. The molecule has 2 aromatic carbocycles. The van der Waals surface area contributed by atoms with Gasteiger partial charge < -0.3 is 4.90 Å². The number of alkyl halides is 2. The predicted octanol–water partition coefficient (Wildman–Crippen LogP) is 3.63. The Morgan fingerprint density at radius 1 is 0.941 bits per heavy atom. The average Bonchev–Trinajstić information content (AvgIpc) is 3.15. The zero-order chi connectivity index (χ0) is 23.8. The van der Waals surface area contributed by atoms with Gasteiger partial charge in [0.05, 0.1) is 6.04 Å². The molecular formula is C26H27F2N3O3. The molecule has 0 spiro atoms. The number of halogens is 2. The van der Waals surface area contributed by atoms with Crippen molar-refractivity contribution in [1.29, 1.82) is 0 Å². The Hall–Kier alpha value is -3.13. The van der Waals surface area contributed by atoms with E-state index in [-0.39, 0.29) is 24.2 Å². The monoisotopic (exact) mass is 467 g/mol. The minimum absolute atomic E-state index is 0.187. The van der Waals surface area contributed by atoms with Gasteiger partial charge in [-0.2, -0.15) is 0 Å². The van der Waals surface area contributed by atoms with Crippen molar-refractivity contribution in [2.45, 2.75) is 56.7 Å². The van der Waals surface area contributed by atoms with Crippen LogP contribution in [0.2, 0.25) is 0 Å². The van der Waals surface area contributed by atoms with Crippen molar-refractivity contribution in [3.8, 4) is 0 Å². The smallest absolute Gasteiger partial charge is 0.258 e. The summed E-state index contributed by atoms with van der Waals surface area (Å²) in [7, 11) is 0. The largest absolute Gasteiger partial charge is 0.322 e. The van der Waals surface area contributed by atoms with Gasteiger partial charge in [0.2, 0.25) is 11.8 Å². The molecule has 6 nitrogen and oxygen atoms in total. The minimum Gasteiger partial charge on any atom is -0.322 e. The number of amides is 3. The molecule has 1 N–H and O–H groups in total. The maximum atomic E-state index is 13.9. The van der Waals surface area contributed by atoms with Crippen molar-refractivity contribution in [3.63, 3.8) is 0 Å². The average molecular weight is 468 g/mol. The summed E-state index contributed by atoms with van der Waals surface area (Å²) in [6, 6.07) is 13.2. The van der Waals surface area contributed by atoms with E-state index in [1.807, 2.05) is 29.2 Å². The molecule has 34 heavy (non-hydrogen) atoms. The fourth-order valence-corrected chi connectivity index (χ4v) is 5.53. The van der Waals surface area contributed by atoms with Crippen LogP contribution in [-0.4, -0.2) is 53.1 Å². The van der Waals surface area contributed by atoms with E-state index in [1.165, 1.54) is 0 Å². The van der Waals surface area contributed by atoms with Crippen molar-refractivity contribution in [1.82, 2.24) is 15.1 Å². The number of piperidine rings is 2. The summed E-state index contributed by atoms with van der Waals surface area (Å²) in [4.78, 5) is 40.0. The van der Waals surface area contributed by atoms with Crippen molar-refractivity contribution in [3.05, 3.63) is 70.8 Å². The number of nitrogens with zero attached hydrogens (tertiary/aromatic N) is 2. The normalized spacial score (nSPS) is 22.7. The van der Waals surface area contributed by atoms with Crippen LogP contribution in [0.1, 0.15) is 64.7 Å². The number of rotatable bonds is 5. The SMILES string of the molecule is O=C1CCC(N2Cc3cc(C4CCN(C(c5ccccc5)C(F)F)CC4)ccc3C2=O)C(=O)N1. The van der Waals surface area contributed by atoms with Gasteiger partial charge in [0, 0.05) is 18.5 Å². The second kappa shape index (κ2) is 9.25. The number of carbonyl (C=O) groups excluding carboxylic acids is 3. The lowest BCUT2D eigenvalue weighted by molar-refractivity contribution is -0.136. The van der Waals surface area contributed by atoms with Crippen LogP contribution < -0.4 is 5.32 Å². The first-order valence-corrected chi connectivity index (χ1v) is 11.8. The van der Waals surface area contributed by atoms with Crippen LogP contribution in [0.3, 0.4) is 0 Å². The molecule has 3 aliphatic heterocycles. The van der Waals surface area contributed by atoms with E-state index < -0.39 is 24.4 Å². The number of carbonyl (C=O) groups is 3. The second-order valence-electron chi connectivity index (χ2n) is 9.32. The predicted molar refractivity (Wildman–Crippen MR) is 121 cm³/mol. The molecule has 0 aromatic heterocycles. The van der Waals surface area contributed by atoms with Crippen molar-refractivity contribution in [2.24, 2.45) is 0 Å². The molecule has 3 heterocycles. The van der Waals surface area contributed by atoms with Gasteiger partial charge >= 0.3 is 0 Å². The first kappa shape index (κ1) is 22.7. The zero-order valence-electron chi connectivity index (χ0n) is 18.8. The molecule has 2 aromatic rings. The summed E-state index contributed by atoms with van der Waals surface area (Å²) in [5, 5.41) is 2.32. The number of hydrogen-bond acceptors (Lipinski definition) is 4. The quantitative estimate of drug-likeness (QED) is 0.682. The molecule has 0 aliphatic carbocycles. The van der Waals surface area contributed by atoms with E-state index in [1.54, 1.807) is 29.2 Å². The summed E-state index contributed by atoms with van der Waals surface area (Å²) >= 11 is 0. The molecule has 2 unspecified atom stereocenters. The highest BCUT2D eigenvalue weighted by Gasteiger charge is 2.39. The first-order chi connectivity index (χ1) is 16.4. The van der Waals surface area contributed by atoms with E-state index in [0.717, 1.165) is 24.0 Å². The van der Waals surface area contributed by atoms with Crippen molar-refractivity contribution in [2.75, 3.05) is 13.1 Å². The molecule has 0 saturated carbocycles. The molecule has 0 bridgehead atoms. The Morgan fingerprint density at radius 3 is 2.35 bits per heavy atom. The number of hydrogen-bond donors (Lipinski definition) is 1. The zero-order valence-corrected chi connectivity index (χ0v) is 18.8. The Morgan fingerprint density at radius 2 is 1.68 bits per heavy atom. The van der Waals surface area contributed by atoms with Gasteiger partial charge in [0.25, 0.3) is 12.3 Å². The third-order valence-corrected chi connectivity index (χ3v) is 7.32. The van der Waals surface area contributed by atoms with E-state index in [4.69, 9.17) is 0 Å². The molecule has 2 fully saturated rings. The Balaban J connectivity index is 1.27. The number of fused-ring (bicyclic) bond motifs is 1. The summed E-state index contributed by atoms with van der Waals surface area (Å²) in [5.41, 5.74) is 3.21. The molecule has 178 valence electrons. The second-order valence-corrected chi connectivity index (χ2v) is 9.32. The molecule has 2 atom stereocenters.